The molecule has 5 heteroatoms. The molecule has 0 unspecified atom stereocenters. The molecule has 0 aliphatic carbocycles. The number of amides is 1. The molecule has 2 aromatic rings. The van der Waals surface area contributed by atoms with Crippen molar-refractivity contribution in [3.8, 4) is 24.2 Å². The van der Waals surface area contributed by atoms with E-state index in [2.05, 4.69) is 11.2 Å². The van der Waals surface area contributed by atoms with Gasteiger partial charge < -0.3 is 10.1 Å². The first kappa shape index (κ1) is 16.8. The van der Waals surface area contributed by atoms with Crippen molar-refractivity contribution in [3.05, 3.63) is 65.5 Å². The van der Waals surface area contributed by atoms with Gasteiger partial charge in [0.05, 0.1) is 0 Å². The number of terminal acetylenes is 1. The van der Waals surface area contributed by atoms with Crippen molar-refractivity contribution in [2.75, 3.05) is 11.9 Å². The van der Waals surface area contributed by atoms with Crippen LogP contribution in [0, 0.1) is 29.5 Å². The van der Waals surface area contributed by atoms with Crippen molar-refractivity contribution in [2.24, 2.45) is 0 Å². The largest absolute Gasteiger partial charge is 0.481 e. The Balaban J connectivity index is 2.16. The summed E-state index contributed by atoms with van der Waals surface area (Å²) >= 11 is 0. The lowest BCUT2D eigenvalue weighted by atomic mass is 10.1. The molecule has 0 aliphatic rings. The predicted molar refractivity (Wildman–Crippen MR) is 89.4 cm³/mol. The maximum Gasteiger partial charge on any atom is 0.266 e. The molecule has 0 aliphatic heterocycles. The molecule has 24 heavy (non-hydrogen) atoms. The van der Waals surface area contributed by atoms with E-state index in [9.17, 15) is 14.4 Å². The molecular formula is C19H13FN2O2. The summed E-state index contributed by atoms with van der Waals surface area (Å²) in [5.41, 5.74) is 0.928. The zero-order valence-electron chi connectivity index (χ0n) is 12.6. The number of nitrogens with zero attached hydrogens (tertiary/aromatic N) is 1. The Hall–Kier alpha value is -3.57. The molecule has 0 atom stereocenters. The summed E-state index contributed by atoms with van der Waals surface area (Å²) in [5, 5.41) is 11.7. The summed E-state index contributed by atoms with van der Waals surface area (Å²) in [4.78, 5) is 12.1. The van der Waals surface area contributed by atoms with Crippen LogP contribution in [0.2, 0.25) is 0 Å². The van der Waals surface area contributed by atoms with Crippen molar-refractivity contribution in [1.29, 1.82) is 5.26 Å². The minimum atomic E-state index is -0.584. The fourth-order valence-corrected chi connectivity index (χ4v) is 1.87. The molecule has 2 rings (SSSR count). The Morgan fingerprint density at radius 1 is 1.29 bits per heavy atom. The van der Waals surface area contributed by atoms with Crippen molar-refractivity contribution in [3.63, 3.8) is 0 Å². The Labute approximate surface area is 139 Å². The molecule has 0 saturated carbocycles. The van der Waals surface area contributed by atoms with E-state index in [0.717, 1.165) is 0 Å². The molecule has 0 bridgehead atoms. The summed E-state index contributed by atoms with van der Waals surface area (Å²) in [5.74, 6) is 1.90. The van der Waals surface area contributed by atoms with E-state index in [1.165, 1.54) is 30.3 Å². The van der Waals surface area contributed by atoms with E-state index < -0.39 is 11.7 Å². The fourth-order valence-electron chi connectivity index (χ4n) is 1.87. The SMILES string of the molecule is C#CCOc1cccc(/C=C(/C#N)C(=O)Nc2ccc(F)cc2)c1. The quantitative estimate of drug-likeness (QED) is 0.522. The Bertz CT molecular complexity index is 843. The van der Waals surface area contributed by atoms with Crippen molar-refractivity contribution >= 4 is 17.7 Å². The van der Waals surface area contributed by atoms with Gasteiger partial charge in [-0.25, -0.2) is 4.39 Å². The Kier molecular flexibility index (Phi) is 5.71. The first-order valence-electron chi connectivity index (χ1n) is 6.97. The minimum Gasteiger partial charge on any atom is -0.481 e. The molecule has 2 aromatic carbocycles. The highest BCUT2D eigenvalue weighted by atomic mass is 19.1. The molecule has 0 fully saturated rings. The smallest absolute Gasteiger partial charge is 0.266 e. The molecule has 0 heterocycles. The number of halogens is 1. The van der Waals surface area contributed by atoms with E-state index >= 15 is 0 Å². The molecule has 118 valence electrons. The van der Waals surface area contributed by atoms with Gasteiger partial charge in [0.25, 0.3) is 5.91 Å². The molecular weight excluding hydrogens is 307 g/mol. The molecule has 0 saturated heterocycles. The molecule has 0 spiro atoms. The number of carbonyl (C=O) groups is 1. The third kappa shape index (κ3) is 4.72. The van der Waals surface area contributed by atoms with Crippen LogP contribution < -0.4 is 10.1 Å². The van der Waals surface area contributed by atoms with Crippen LogP contribution in [0.5, 0.6) is 5.75 Å². The normalized spacial score (nSPS) is 10.4. The third-order valence-corrected chi connectivity index (χ3v) is 2.96. The lowest BCUT2D eigenvalue weighted by molar-refractivity contribution is -0.112. The van der Waals surface area contributed by atoms with Crippen molar-refractivity contribution < 1.29 is 13.9 Å². The van der Waals surface area contributed by atoms with E-state index in [4.69, 9.17) is 11.2 Å². The zero-order chi connectivity index (χ0) is 17.4. The van der Waals surface area contributed by atoms with Crippen LogP contribution in [-0.4, -0.2) is 12.5 Å². The highest BCUT2D eigenvalue weighted by molar-refractivity contribution is 6.09. The van der Waals surface area contributed by atoms with E-state index in [1.54, 1.807) is 24.3 Å². The second-order valence-corrected chi connectivity index (χ2v) is 4.70. The Morgan fingerprint density at radius 2 is 2.04 bits per heavy atom. The number of ether oxygens (including phenoxy) is 1. The first-order valence-corrected chi connectivity index (χ1v) is 6.97. The average molecular weight is 320 g/mol. The van der Waals surface area contributed by atoms with E-state index in [0.29, 0.717) is 17.0 Å². The number of carbonyl (C=O) groups excluding carboxylic acids is 1. The predicted octanol–water partition coefficient (Wildman–Crippen LogP) is 3.38. The van der Waals surface area contributed by atoms with Gasteiger partial charge in [0.15, 0.2) is 0 Å². The third-order valence-electron chi connectivity index (χ3n) is 2.96. The fraction of sp³-hybridized carbons (Fsp3) is 0.0526. The van der Waals surface area contributed by atoms with Gasteiger partial charge in [-0.2, -0.15) is 5.26 Å². The number of nitriles is 1. The van der Waals surface area contributed by atoms with Crippen LogP contribution >= 0.6 is 0 Å². The minimum absolute atomic E-state index is 0.0894. The van der Waals surface area contributed by atoms with E-state index in [1.807, 2.05) is 6.07 Å². The van der Waals surface area contributed by atoms with E-state index in [-0.39, 0.29) is 12.2 Å². The van der Waals surface area contributed by atoms with Crippen LogP contribution in [-0.2, 0) is 4.79 Å². The number of rotatable bonds is 5. The van der Waals surface area contributed by atoms with Gasteiger partial charge in [0, 0.05) is 5.69 Å². The lowest BCUT2D eigenvalue weighted by Crippen LogP contribution is -2.13. The van der Waals surface area contributed by atoms with Gasteiger partial charge >= 0.3 is 0 Å². The van der Waals surface area contributed by atoms with Gasteiger partial charge in [-0.3, -0.25) is 4.79 Å². The molecule has 0 aromatic heterocycles. The van der Waals surface area contributed by atoms with Crippen LogP contribution in [0.15, 0.2) is 54.1 Å². The zero-order valence-corrected chi connectivity index (χ0v) is 12.6. The number of nitrogens with one attached hydrogen (secondary N) is 1. The van der Waals surface area contributed by atoms with Gasteiger partial charge in [-0.1, -0.05) is 18.1 Å². The van der Waals surface area contributed by atoms with Crippen molar-refractivity contribution in [1.82, 2.24) is 0 Å². The first-order chi connectivity index (χ1) is 11.6. The Morgan fingerprint density at radius 3 is 2.71 bits per heavy atom. The number of anilines is 1. The lowest BCUT2D eigenvalue weighted by Gasteiger charge is -2.05. The summed E-state index contributed by atoms with van der Waals surface area (Å²) in [6, 6.07) is 14.0. The van der Waals surface area contributed by atoms with Gasteiger partial charge in [-0.05, 0) is 48.0 Å². The second kappa shape index (κ2) is 8.17. The molecule has 0 radical (unpaired) electrons. The van der Waals surface area contributed by atoms with Crippen LogP contribution in [0.25, 0.3) is 6.08 Å². The highest BCUT2D eigenvalue weighted by Gasteiger charge is 2.10. The summed E-state index contributed by atoms with van der Waals surface area (Å²) in [7, 11) is 0. The van der Waals surface area contributed by atoms with Crippen LogP contribution in [0.1, 0.15) is 5.56 Å². The monoisotopic (exact) mass is 320 g/mol. The summed E-state index contributed by atoms with van der Waals surface area (Å²) < 4.78 is 18.2. The van der Waals surface area contributed by atoms with Gasteiger partial charge in [0.2, 0.25) is 0 Å². The topological polar surface area (TPSA) is 62.1 Å². The van der Waals surface area contributed by atoms with Gasteiger partial charge in [0.1, 0.15) is 29.8 Å². The van der Waals surface area contributed by atoms with Crippen LogP contribution in [0.3, 0.4) is 0 Å². The van der Waals surface area contributed by atoms with Crippen molar-refractivity contribution in [2.45, 2.75) is 0 Å². The maximum absolute atomic E-state index is 12.9. The summed E-state index contributed by atoms with van der Waals surface area (Å²) in [6.45, 7) is 0.128. The molecule has 1 amide bonds. The number of hydrogen-bond donors (Lipinski definition) is 1. The van der Waals surface area contributed by atoms with Gasteiger partial charge in [-0.15, -0.1) is 6.42 Å². The second-order valence-electron chi connectivity index (χ2n) is 4.70. The standard InChI is InChI=1S/C19H13FN2O2/c1-2-10-24-18-5-3-4-14(12-18)11-15(13-21)19(23)22-17-8-6-16(20)7-9-17/h1,3-9,11-12H,10H2,(H,22,23)/b15-11-. The highest BCUT2D eigenvalue weighted by Crippen LogP contribution is 2.17. The maximum atomic E-state index is 12.9. The summed E-state index contributed by atoms with van der Waals surface area (Å²) in [6.07, 6.45) is 6.56. The molecule has 4 nitrogen and oxygen atoms in total. The average Bonchev–Trinajstić information content (AvgIpc) is 2.60. The number of hydrogen-bond acceptors (Lipinski definition) is 3. The molecule has 1 N–H and O–H groups in total. The number of benzene rings is 2. The van der Waals surface area contributed by atoms with Crippen LogP contribution in [0.4, 0.5) is 10.1 Å².